The Morgan fingerprint density at radius 1 is 0.350 bits per heavy atom. The SMILES string of the molecule is O=C(/C=C/c1ccc(Oc2nc(Oc3ccc(/C=C/C(=O)c4ccc(Br)cc4)cc3)nc(Oc3ccc(/C=C/C(=O)c4ccc(Br)cc4)cc3)n2)cc1)c1ccc(Br)cc1. The van der Waals surface area contributed by atoms with Gasteiger partial charge in [-0.25, -0.2) is 0 Å². The van der Waals surface area contributed by atoms with Gasteiger partial charge in [0.1, 0.15) is 17.2 Å². The highest BCUT2D eigenvalue weighted by molar-refractivity contribution is 9.11. The molecule has 0 unspecified atom stereocenters. The number of hydrogen-bond acceptors (Lipinski definition) is 9. The van der Waals surface area contributed by atoms with E-state index in [9.17, 15) is 14.4 Å². The van der Waals surface area contributed by atoms with Crippen molar-refractivity contribution < 1.29 is 28.6 Å². The average molecular weight is 984 g/mol. The minimum atomic E-state index is -0.121. The number of halogens is 3. The van der Waals surface area contributed by atoms with Crippen LogP contribution in [0, 0.1) is 0 Å². The maximum Gasteiger partial charge on any atom is 0.331 e. The highest BCUT2D eigenvalue weighted by Gasteiger charge is 2.14. The molecular formula is C48H30Br3N3O6. The number of aromatic nitrogens is 3. The molecule has 0 bridgehead atoms. The van der Waals surface area contributed by atoms with E-state index in [0.29, 0.717) is 33.9 Å². The lowest BCUT2D eigenvalue weighted by Gasteiger charge is -2.10. The number of rotatable bonds is 15. The summed E-state index contributed by atoms with van der Waals surface area (Å²) >= 11 is 10.1. The highest BCUT2D eigenvalue weighted by Crippen LogP contribution is 2.28. The molecule has 9 nitrogen and oxygen atoms in total. The molecule has 6 aromatic carbocycles. The Labute approximate surface area is 370 Å². The molecule has 0 aliphatic carbocycles. The van der Waals surface area contributed by atoms with E-state index in [0.717, 1.165) is 30.1 Å². The first-order valence-corrected chi connectivity index (χ1v) is 20.5. The number of carbonyl (C=O) groups is 3. The molecule has 0 radical (unpaired) electrons. The van der Waals surface area contributed by atoms with Crippen LogP contribution in [-0.4, -0.2) is 32.3 Å². The Kier molecular flexibility index (Phi) is 13.8. The number of carbonyl (C=O) groups excluding carboxylic acids is 3. The summed E-state index contributed by atoms with van der Waals surface area (Å²) in [4.78, 5) is 51.0. The maximum atomic E-state index is 12.6. The standard InChI is InChI=1S/C48H30Br3N3O6/c49-37-16-10-34(11-17-37)43(55)28-7-31-1-22-40(23-2-31)58-46-52-47(59-41-24-3-32(4-25-41)8-29-44(56)35-12-18-38(50)19-13-35)54-48(53-46)60-42-26-5-33(6-27-42)9-30-45(57)36-14-20-39(51)21-15-36/h1-30H/b28-7+,29-8+,30-9+. The molecule has 12 heteroatoms. The normalized spacial score (nSPS) is 11.2. The third kappa shape index (κ3) is 12.0. The van der Waals surface area contributed by atoms with E-state index in [2.05, 4.69) is 62.7 Å². The van der Waals surface area contributed by atoms with Gasteiger partial charge < -0.3 is 14.2 Å². The summed E-state index contributed by atoms with van der Waals surface area (Å²) in [5.41, 5.74) is 4.08. The largest absolute Gasteiger partial charge is 0.424 e. The van der Waals surface area contributed by atoms with Crippen LogP contribution in [-0.2, 0) is 0 Å². The third-order valence-corrected chi connectivity index (χ3v) is 10.1. The van der Waals surface area contributed by atoms with Crippen LogP contribution in [0.3, 0.4) is 0 Å². The minimum absolute atomic E-state index is 0.0966. The van der Waals surface area contributed by atoms with Gasteiger partial charge >= 0.3 is 18.0 Å². The van der Waals surface area contributed by atoms with E-state index in [1.165, 1.54) is 18.2 Å². The lowest BCUT2D eigenvalue weighted by Crippen LogP contribution is -2.01. The molecule has 0 aliphatic rings. The smallest absolute Gasteiger partial charge is 0.331 e. The second kappa shape index (κ2) is 19.9. The zero-order chi connectivity index (χ0) is 41.8. The molecule has 1 aromatic heterocycles. The Morgan fingerprint density at radius 3 is 0.817 bits per heavy atom. The molecule has 7 rings (SSSR count). The van der Waals surface area contributed by atoms with E-state index in [-0.39, 0.29) is 35.4 Å². The summed E-state index contributed by atoms with van der Waals surface area (Å²) in [5.74, 6) is 0.878. The van der Waals surface area contributed by atoms with Crippen molar-refractivity contribution in [2.45, 2.75) is 0 Å². The summed E-state index contributed by atoms with van der Waals surface area (Å²) in [6.07, 6.45) is 9.69. The maximum absolute atomic E-state index is 12.6. The van der Waals surface area contributed by atoms with Gasteiger partial charge in [0.05, 0.1) is 0 Å². The molecule has 60 heavy (non-hydrogen) atoms. The monoisotopic (exact) mass is 981 g/mol. The number of nitrogens with zero attached hydrogens (tertiary/aromatic N) is 3. The summed E-state index contributed by atoms with van der Waals surface area (Å²) < 4.78 is 20.8. The fourth-order valence-corrected chi connectivity index (χ4v) is 6.15. The van der Waals surface area contributed by atoms with Crippen molar-refractivity contribution in [2.24, 2.45) is 0 Å². The van der Waals surface area contributed by atoms with Crippen LogP contribution in [0.1, 0.15) is 47.8 Å². The topological polar surface area (TPSA) is 118 Å². The molecule has 0 N–H and O–H groups in total. The van der Waals surface area contributed by atoms with Gasteiger partial charge in [-0.2, -0.15) is 0 Å². The fourth-order valence-electron chi connectivity index (χ4n) is 5.36. The van der Waals surface area contributed by atoms with E-state index >= 15 is 0 Å². The van der Waals surface area contributed by atoms with Crippen LogP contribution in [0.5, 0.6) is 35.3 Å². The van der Waals surface area contributed by atoms with Crippen molar-refractivity contribution in [2.75, 3.05) is 0 Å². The van der Waals surface area contributed by atoms with Gasteiger partial charge in [0, 0.05) is 30.1 Å². The number of ether oxygens (including phenoxy) is 3. The molecule has 0 saturated heterocycles. The Balaban J connectivity index is 1.06. The molecule has 0 atom stereocenters. The molecule has 0 aliphatic heterocycles. The Bertz CT molecular complexity index is 2400. The second-order valence-electron chi connectivity index (χ2n) is 12.8. The van der Waals surface area contributed by atoms with Crippen molar-refractivity contribution in [3.05, 3.63) is 211 Å². The average Bonchev–Trinajstić information content (AvgIpc) is 3.26. The van der Waals surface area contributed by atoms with Crippen LogP contribution in [0.25, 0.3) is 18.2 Å². The first kappa shape index (κ1) is 41.6. The molecule has 0 spiro atoms. The van der Waals surface area contributed by atoms with E-state index in [1.54, 1.807) is 127 Å². The highest BCUT2D eigenvalue weighted by atomic mass is 79.9. The number of ketones is 3. The summed E-state index contributed by atoms with van der Waals surface area (Å²) in [6.45, 7) is 0. The third-order valence-electron chi connectivity index (χ3n) is 8.51. The molecule has 0 saturated carbocycles. The summed E-state index contributed by atoms with van der Waals surface area (Å²) in [7, 11) is 0. The molecular weight excluding hydrogens is 954 g/mol. The van der Waals surface area contributed by atoms with E-state index in [4.69, 9.17) is 14.2 Å². The summed E-state index contributed by atoms with van der Waals surface area (Å²) in [6, 6.07) is 42.2. The van der Waals surface area contributed by atoms with Crippen molar-refractivity contribution in [3.8, 4) is 35.3 Å². The number of allylic oxidation sites excluding steroid dienone is 3. The quantitative estimate of drug-likeness (QED) is 0.0731. The van der Waals surface area contributed by atoms with Crippen LogP contribution in [0.4, 0.5) is 0 Å². The van der Waals surface area contributed by atoms with Crippen molar-refractivity contribution in [1.82, 2.24) is 15.0 Å². The van der Waals surface area contributed by atoms with Gasteiger partial charge in [-0.15, -0.1) is 15.0 Å². The van der Waals surface area contributed by atoms with Crippen LogP contribution >= 0.6 is 47.8 Å². The van der Waals surface area contributed by atoms with Gasteiger partial charge in [-0.1, -0.05) is 102 Å². The lowest BCUT2D eigenvalue weighted by atomic mass is 10.1. The van der Waals surface area contributed by atoms with Crippen LogP contribution in [0.15, 0.2) is 177 Å². The van der Waals surface area contributed by atoms with Crippen LogP contribution < -0.4 is 14.2 Å². The van der Waals surface area contributed by atoms with Crippen molar-refractivity contribution in [3.63, 3.8) is 0 Å². The predicted molar refractivity (Wildman–Crippen MR) is 242 cm³/mol. The summed E-state index contributed by atoms with van der Waals surface area (Å²) in [5, 5.41) is 0. The second-order valence-corrected chi connectivity index (χ2v) is 15.6. The van der Waals surface area contributed by atoms with Gasteiger partial charge in [-0.05, 0) is 144 Å². The molecule has 0 amide bonds. The Hall–Kier alpha value is -6.60. The van der Waals surface area contributed by atoms with Gasteiger partial charge in [-0.3, -0.25) is 14.4 Å². The molecule has 7 aromatic rings. The van der Waals surface area contributed by atoms with Crippen molar-refractivity contribution >= 4 is 83.4 Å². The Morgan fingerprint density at radius 2 is 0.583 bits per heavy atom. The van der Waals surface area contributed by atoms with Gasteiger partial charge in [0.25, 0.3) is 0 Å². The fraction of sp³-hybridized carbons (Fsp3) is 0. The zero-order valence-electron chi connectivity index (χ0n) is 31.2. The van der Waals surface area contributed by atoms with E-state index < -0.39 is 0 Å². The molecule has 0 fully saturated rings. The molecule has 1 heterocycles. The van der Waals surface area contributed by atoms with E-state index in [1.807, 2.05) is 36.4 Å². The van der Waals surface area contributed by atoms with Crippen molar-refractivity contribution in [1.29, 1.82) is 0 Å². The van der Waals surface area contributed by atoms with Gasteiger partial charge in [0.15, 0.2) is 17.3 Å². The van der Waals surface area contributed by atoms with Gasteiger partial charge in [0.2, 0.25) is 0 Å². The predicted octanol–water partition coefficient (Wildman–Crippen LogP) is 13.2. The van der Waals surface area contributed by atoms with Crippen LogP contribution in [0.2, 0.25) is 0 Å². The minimum Gasteiger partial charge on any atom is -0.424 e. The number of benzene rings is 6. The number of hydrogen-bond donors (Lipinski definition) is 0. The first-order chi connectivity index (χ1) is 29.1. The molecule has 294 valence electrons. The lowest BCUT2D eigenvalue weighted by molar-refractivity contribution is 0.103. The zero-order valence-corrected chi connectivity index (χ0v) is 36.0. The first-order valence-electron chi connectivity index (χ1n) is 18.2.